The molecule has 0 heterocycles. The van der Waals surface area contributed by atoms with E-state index in [1.807, 2.05) is 30.3 Å². The third-order valence-electron chi connectivity index (χ3n) is 3.65. The van der Waals surface area contributed by atoms with Crippen molar-refractivity contribution in [3.8, 4) is 11.5 Å². The van der Waals surface area contributed by atoms with Crippen LogP contribution in [0, 0.1) is 10.1 Å². The summed E-state index contributed by atoms with van der Waals surface area (Å²) in [6.45, 7) is 2.04. The van der Waals surface area contributed by atoms with Gasteiger partial charge in [-0.3, -0.25) is 14.9 Å². The third-order valence-corrected chi connectivity index (χ3v) is 3.65. The smallest absolute Gasteiger partial charge is 0.273 e. The number of amides is 1. The minimum atomic E-state index is -0.815. The molecule has 0 aliphatic heterocycles. The maximum absolute atomic E-state index is 12.5. The number of ether oxygens (including phenoxy) is 2. The second kappa shape index (κ2) is 8.14. The number of methoxy groups -OCH3 is 1. The second-order valence-corrected chi connectivity index (χ2v) is 5.53. The van der Waals surface area contributed by atoms with E-state index in [4.69, 9.17) is 9.47 Å². The summed E-state index contributed by atoms with van der Waals surface area (Å²) < 4.78 is 10.8. The summed E-state index contributed by atoms with van der Waals surface area (Å²) in [5.74, 6) is 0.249. The van der Waals surface area contributed by atoms with Crippen molar-refractivity contribution in [2.45, 2.75) is 19.6 Å². The van der Waals surface area contributed by atoms with Crippen molar-refractivity contribution in [1.82, 2.24) is 4.90 Å². The highest BCUT2D eigenvalue weighted by Crippen LogP contribution is 2.32. The van der Waals surface area contributed by atoms with Gasteiger partial charge < -0.3 is 14.4 Å². The number of rotatable bonds is 7. The molecule has 2 aromatic rings. The average Bonchev–Trinajstić information content (AvgIpc) is 2.61. The lowest BCUT2D eigenvalue weighted by Gasteiger charge is -2.22. The molecule has 7 heteroatoms. The number of nitro groups is 1. The van der Waals surface area contributed by atoms with E-state index in [9.17, 15) is 14.9 Å². The minimum Gasteiger partial charge on any atom is -0.493 e. The molecule has 0 radical (unpaired) electrons. The average molecular weight is 344 g/mol. The fourth-order valence-corrected chi connectivity index (χ4v) is 2.36. The monoisotopic (exact) mass is 344 g/mol. The molecule has 0 aromatic heterocycles. The maximum atomic E-state index is 12.5. The van der Waals surface area contributed by atoms with Crippen molar-refractivity contribution in [3.05, 3.63) is 64.2 Å². The van der Waals surface area contributed by atoms with E-state index in [0.29, 0.717) is 12.3 Å². The Morgan fingerprint density at radius 3 is 2.48 bits per heavy atom. The van der Waals surface area contributed by atoms with E-state index >= 15 is 0 Å². The SMILES string of the molecule is COc1ccc([N+](=O)[O-])cc1O[C@@H](C)C(=O)N(C)Cc1ccccc1. The summed E-state index contributed by atoms with van der Waals surface area (Å²) in [5, 5.41) is 10.9. The summed E-state index contributed by atoms with van der Waals surface area (Å²) in [6.07, 6.45) is -0.815. The number of hydrogen-bond acceptors (Lipinski definition) is 5. The largest absolute Gasteiger partial charge is 0.493 e. The Morgan fingerprint density at radius 1 is 1.20 bits per heavy atom. The van der Waals surface area contributed by atoms with Gasteiger partial charge in [0.2, 0.25) is 0 Å². The first-order valence-corrected chi connectivity index (χ1v) is 7.70. The molecule has 2 rings (SSSR count). The van der Waals surface area contributed by atoms with Crippen LogP contribution in [0.25, 0.3) is 0 Å². The summed E-state index contributed by atoms with van der Waals surface area (Å²) in [6, 6.07) is 13.6. The number of hydrogen-bond donors (Lipinski definition) is 0. The Morgan fingerprint density at radius 2 is 1.88 bits per heavy atom. The molecule has 1 atom stereocenters. The lowest BCUT2D eigenvalue weighted by Crippen LogP contribution is -2.37. The Kier molecular flexibility index (Phi) is 5.94. The minimum absolute atomic E-state index is 0.131. The van der Waals surface area contributed by atoms with Gasteiger partial charge in [0.25, 0.3) is 11.6 Å². The van der Waals surface area contributed by atoms with Crippen molar-refractivity contribution >= 4 is 11.6 Å². The van der Waals surface area contributed by atoms with Crippen molar-refractivity contribution in [2.75, 3.05) is 14.2 Å². The van der Waals surface area contributed by atoms with Crippen LogP contribution in [0.2, 0.25) is 0 Å². The van der Waals surface area contributed by atoms with Gasteiger partial charge in [-0.15, -0.1) is 0 Å². The Hall–Kier alpha value is -3.09. The second-order valence-electron chi connectivity index (χ2n) is 5.53. The van der Waals surface area contributed by atoms with Crippen LogP contribution >= 0.6 is 0 Å². The molecule has 0 saturated heterocycles. The lowest BCUT2D eigenvalue weighted by atomic mass is 10.2. The molecule has 2 aromatic carbocycles. The first-order chi connectivity index (χ1) is 11.9. The topological polar surface area (TPSA) is 81.9 Å². The molecule has 0 N–H and O–H groups in total. The van der Waals surface area contributed by atoms with E-state index in [-0.39, 0.29) is 17.3 Å². The maximum Gasteiger partial charge on any atom is 0.273 e. The number of carbonyl (C=O) groups is 1. The molecule has 132 valence electrons. The fraction of sp³-hybridized carbons (Fsp3) is 0.278. The van der Waals surface area contributed by atoms with Crippen molar-refractivity contribution in [3.63, 3.8) is 0 Å². The van der Waals surface area contributed by atoms with Crippen LogP contribution in [0.4, 0.5) is 5.69 Å². The van der Waals surface area contributed by atoms with Crippen LogP contribution in [0.5, 0.6) is 11.5 Å². The Bertz CT molecular complexity index is 748. The van der Waals surface area contributed by atoms with Crippen molar-refractivity contribution in [2.24, 2.45) is 0 Å². The Labute approximate surface area is 145 Å². The van der Waals surface area contributed by atoms with Gasteiger partial charge in [-0.25, -0.2) is 0 Å². The van der Waals surface area contributed by atoms with Gasteiger partial charge in [0.15, 0.2) is 17.6 Å². The highest BCUT2D eigenvalue weighted by molar-refractivity contribution is 5.80. The zero-order chi connectivity index (χ0) is 18.4. The lowest BCUT2D eigenvalue weighted by molar-refractivity contribution is -0.385. The first-order valence-electron chi connectivity index (χ1n) is 7.70. The summed E-state index contributed by atoms with van der Waals surface area (Å²) in [7, 11) is 3.11. The normalized spacial score (nSPS) is 11.5. The van der Waals surface area contributed by atoms with E-state index in [0.717, 1.165) is 5.56 Å². The van der Waals surface area contributed by atoms with E-state index in [2.05, 4.69) is 0 Å². The van der Waals surface area contributed by atoms with Crippen molar-refractivity contribution < 1.29 is 19.2 Å². The van der Waals surface area contributed by atoms with Crippen molar-refractivity contribution in [1.29, 1.82) is 0 Å². The predicted molar refractivity (Wildman–Crippen MR) is 92.7 cm³/mol. The van der Waals surface area contributed by atoms with Crippen LogP contribution < -0.4 is 9.47 Å². The van der Waals surface area contributed by atoms with Gasteiger partial charge in [0.1, 0.15) is 0 Å². The Balaban J connectivity index is 2.10. The zero-order valence-electron chi connectivity index (χ0n) is 14.3. The first kappa shape index (κ1) is 18.3. The molecular weight excluding hydrogens is 324 g/mol. The van der Waals surface area contributed by atoms with Crippen LogP contribution in [-0.4, -0.2) is 36.0 Å². The molecule has 0 fully saturated rings. The van der Waals surface area contributed by atoms with Gasteiger partial charge in [0.05, 0.1) is 18.1 Å². The molecule has 0 unspecified atom stereocenters. The van der Waals surface area contributed by atoms with Crippen LogP contribution in [-0.2, 0) is 11.3 Å². The highest BCUT2D eigenvalue weighted by Gasteiger charge is 2.22. The highest BCUT2D eigenvalue weighted by atomic mass is 16.6. The van der Waals surface area contributed by atoms with Crippen LogP contribution in [0.1, 0.15) is 12.5 Å². The zero-order valence-corrected chi connectivity index (χ0v) is 14.3. The molecule has 0 aliphatic carbocycles. The van der Waals surface area contributed by atoms with Gasteiger partial charge >= 0.3 is 0 Å². The molecule has 0 spiro atoms. The summed E-state index contributed by atoms with van der Waals surface area (Å²) in [4.78, 5) is 24.4. The number of non-ortho nitro benzene ring substituents is 1. The van der Waals surface area contributed by atoms with E-state index in [1.54, 1.807) is 18.9 Å². The predicted octanol–water partition coefficient (Wildman–Crippen LogP) is 3.03. The molecule has 0 aliphatic rings. The quantitative estimate of drug-likeness (QED) is 0.569. The number of carbonyl (C=O) groups excluding carboxylic acids is 1. The molecule has 0 bridgehead atoms. The number of likely N-dealkylation sites (N-methyl/N-ethyl adjacent to an activating group) is 1. The number of nitro benzene ring substituents is 1. The van der Waals surface area contributed by atoms with Gasteiger partial charge in [-0.1, -0.05) is 30.3 Å². The molecular formula is C18H20N2O5. The molecule has 1 amide bonds. The van der Waals surface area contributed by atoms with Gasteiger partial charge in [-0.05, 0) is 18.6 Å². The fourth-order valence-electron chi connectivity index (χ4n) is 2.36. The van der Waals surface area contributed by atoms with Crippen LogP contribution in [0.15, 0.2) is 48.5 Å². The third kappa shape index (κ3) is 4.69. The van der Waals surface area contributed by atoms with E-state index < -0.39 is 11.0 Å². The molecule has 7 nitrogen and oxygen atoms in total. The molecule has 0 saturated carbocycles. The van der Waals surface area contributed by atoms with Gasteiger partial charge in [0, 0.05) is 19.7 Å². The summed E-state index contributed by atoms with van der Waals surface area (Å²) in [5.41, 5.74) is 0.867. The van der Waals surface area contributed by atoms with Crippen LogP contribution in [0.3, 0.4) is 0 Å². The standard InChI is InChI=1S/C18H20N2O5/c1-13(18(21)19(2)12-14-7-5-4-6-8-14)25-17-11-15(20(22)23)9-10-16(17)24-3/h4-11,13H,12H2,1-3H3/t13-/m0/s1. The molecule has 25 heavy (non-hydrogen) atoms. The van der Waals surface area contributed by atoms with Gasteiger partial charge in [-0.2, -0.15) is 0 Å². The number of benzene rings is 2. The van der Waals surface area contributed by atoms with E-state index in [1.165, 1.54) is 25.3 Å². The summed E-state index contributed by atoms with van der Waals surface area (Å²) >= 11 is 0. The number of nitrogens with zero attached hydrogens (tertiary/aromatic N) is 2.